The van der Waals surface area contributed by atoms with E-state index in [0.717, 1.165) is 36.5 Å². The predicted molar refractivity (Wildman–Crippen MR) is 106 cm³/mol. The highest BCUT2D eigenvalue weighted by Crippen LogP contribution is 2.35. The summed E-state index contributed by atoms with van der Waals surface area (Å²) in [6.45, 7) is 2.46. The highest BCUT2D eigenvalue weighted by atomic mass is 19.4. The average Bonchev–Trinajstić information content (AvgIpc) is 3.45. The molecule has 5 rings (SSSR count). The van der Waals surface area contributed by atoms with Crippen molar-refractivity contribution in [3.05, 3.63) is 59.3 Å². The van der Waals surface area contributed by atoms with Gasteiger partial charge in [-0.05, 0) is 37.1 Å². The van der Waals surface area contributed by atoms with Crippen molar-refractivity contribution in [1.29, 1.82) is 0 Å². The van der Waals surface area contributed by atoms with E-state index in [-0.39, 0.29) is 18.1 Å². The minimum Gasteiger partial charge on any atom is -0.369 e. The summed E-state index contributed by atoms with van der Waals surface area (Å²) in [5.41, 5.74) is 0.425. The van der Waals surface area contributed by atoms with Gasteiger partial charge in [-0.25, -0.2) is 19.7 Å². The van der Waals surface area contributed by atoms with Crippen molar-refractivity contribution in [3.63, 3.8) is 0 Å². The molecule has 2 aliphatic rings. The van der Waals surface area contributed by atoms with Gasteiger partial charge in [-0.15, -0.1) is 0 Å². The number of aryl methyl sites for hydroxylation is 1. The second kappa shape index (κ2) is 6.96. The van der Waals surface area contributed by atoms with Crippen molar-refractivity contribution in [1.82, 2.24) is 24.8 Å². The van der Waals surface area contributed by atoms with Crippen LogP contribution >= 0.6 is 0 Å². The number of hydrogen-bond acceptors (Lipinski definition) is 5. The fourth-order valence-electron chi connectivity index (χ4n) is 3.95. The summed E-state index contributed by atoms with van der Waals surface area (Å²) in [6, 6.07) is 4.49. The van der Waals surface area contributed by atoms with Crippen molar-refractivity contribution in [2.45, 2.75) is 25.6 Å². The lowest BCUT2D eigenvalue weighted by atomic mass is 10.2. The Hall–Kier alpha value is -3.63. The summed E-state index contributed by atoms with van der Waals surface area (Å²) in [5.74, 6) is 1.80. The number of fused-ring (bicyclic) bond motifs is 1. The van der Waals surface area contributed by atoms with Gasteiger partial charge in [-0.2, -0.15) is 13.2 Å². The maximum absolute atomic E-state index is 13.3. The normalized spacial score (nSPS) is 18.1. The van der Waals surface area contributed by atoms with E-state index in [0.29, 0.717) is 11.6 Å². The molecule has 0 saturated carbocycles. The number of amides is 2. The number of anilines is 2. The number of rotatable bonds is 3. The van der Waals surface area contributed by atoms with Crippen molar-refractivity contribution >= 4 is 17.7 Å². The fourth-order valence-corrected chi connectivity index (χ4v) is 3.95. The molecule has 1 saturated heterocycles. The third kappa shape index (κ3) is 3.35. The van der Waals surface area contributed by atoms with E-state index < -0.39 is 23.8 Å². The zero-order chi connectivity index (χ0) is 21.8. The molecule has 0 unspecified atom stereocenters. The van der Waals surface area contributed by atoms with Crippen LogP contribution < -0.4 is 15.5 Å². The largest absolute Gasteiger partial charge is 0.416 e. The van der Waals surface area contributed by atoms with Gasteiger partial charge < -0.3 is 10.6 Å². The first kappa shape index (κ1) is 19.3. The van der Waals surface area contributed by atoms with Gasteiger partial charge in [0.25, 0.3) is 0 Å². The fraction of sp³-hybridized carbons (Fsp3) is 0.300. The van der Waals surface area contributed by atoms with Gasteiger partial charge in [-0.3, -0.25) is 9.47 Å². The van der Waals surface area contributed by atoms with E-state index in [9.17, 15) is 18.0 Å². The summed E-state index contributed by atoms with van der Waals surface area (Å²) < 4.78 is 41.7. The van der Waals surface area contributed by atoms with Crippen LogP contribution in [0, 0.1) is 6.92 Å². The van der Waals surface area contributed by atoms with Crippen LogP contribution in [0.2, 0.25) is 0 Å². The summed E-state index contributed by atoms with van der Waals surface area (Å²) in [7, 11) is 0. The Morgan fingerprint density at radius 3 is 2.77 bits per heavy atom. The van der Waals surface area contributed by atoms with Crippen molar-refractivity contribution in [3.8, 4) is 5.82 Å². The van der Waals surface area contributed by atoms with Gasteiger partial charge >= 0.3 is 12.2 Å². The summed E-state index contributed by atoms with van der Waals surface area (Å²) in [6.07, 6.45) is -0.364. The molecule has 1 fully saturated rings. The first-order chi connectivity index (χ1) is 14.8. The Balaban J connectivity index is 1.56. The van der Waals surface area contributed by atoms with Crippen molar-refractivity contribution in [2.24, 2.45) is 0 Å². The Morgan fingerprint density at radius 1 is 1.13 bits per heavy atom. The van der Waals surface area contributed by atoms with E-state index in [2.05, 4.69) is 25.6 Å². The van der Waals surface area contributed by atoms with Gasteiger partial charge in [0.15, 0.2) is 0 Å². The number of carbonyl (C=O) groups is 1. The number of halogens is 3. The molecule has 3 aromatic rings. The highest BCUT2D eigenvalue weighted by molar-refractivity contribution is 5.94. The van der Waals surface area contributed by atoms with Gasteiger partial charge in [0.05, 0.1) is 5.56 Å². The van der Waals surface area contributed by atoms with Gasteiger partial charge in [-0.1, -0.05) is 6.07 Å². The van der Waals surface area contributed by atoms with Gasteiger partial charge in [0.1, 0.15) is 29.3 Å². The molecule has 1 atom stereocenters. The molecule has 2 aliphatic heterocycles. The average molecular weight is 429 g/mol. The highest BCUT2D eigenvalue weighted by Gasteiger charge is 2.39. The molecular formula is C20H18F3N7O. The Labute approximate surface area is 175 Å². The van der Waals surface area contributed by atoms with Crippen LogP contribution in [-0.4, -0.2) is 38.6 Å². The maximum atomic E-state index is 13.3. The topological polar surface area (TPSA) is 88.0 Å². The number of aromatic nitrogens is 4. The molecule has 0 radical (unpaired) electrons. The standard InChI is InChI=1S/C20H18F3N7O/c1-11-8-13(20(21,22)23)9-16(27-11)30-14(10-26-19(30)31)18-25-6-7-29(18)15-3-2-12-4-5-24-17(12)28-15/h2-3,6-9,14H,4-5,10H2,1H3,(H,24,28)(H,26,31)/t14-/m0/s1. The summed E-state index contributed by atoms with van der Waals surface area (Å²) in [4.78, 5) is 27.0. The second-order valence-electron chi connectivity index (χ2n) is 7.43. The lowest BCUT2D eigenvalue weighted by Gasteiger charge is -2.23. The molecule has 11 heteroatoms. The smallest absolute Gasteiger partial charge is 0.369 e. The number of nitrogens with one attached hydrogen (secondary N) is 2. The summed E-state index contributed by atoms with van der Waals surface area (Å²) in [5, 5.41) is 5.91. The van der Waals surface area contributed by atoms with E-state index in [1.54, 1.807) is 17.0 Å². The van der Waals surface area contributed by atoms with Crippen LogP contribution in [0.4, 0.5) is 29.6 Å². The lowest BCUT2D eigenvalue weighted by Crippen LogP contribution is -2.32. The third-order valence-corrected chi connectivity index (χ3v) is 5.36. The van der Waals surface area contributed by atoms with Crippen LogP contribution in [0.1, 0.15) is 28.7 Å². The molecule has 0 aliphatic carbocycles. The number of imidazole rings is 1. The Bertz CT molecular complexity index is 1170. The van der Waals surface area contributed by atoms with Crippen LogP contribution in [-0.2, 0) is 12.6 Å². The molecule has 160 valence electrons. The number of carbonyl (C=O) groups excluding carboxylic acids is 1. The molecular weight excluding hydrogens is 411 g/mol. The monoisotopic (exact) mass is 429 g/mol. The minimum atomic E-state index is -4.55. The quantitative estimate of drug-likeness (QED) is 0.668. The SMILES string of the molecule is Cc1cc(C(F)(F)F)cc(N2C(=O)NC[C@H]2c2nccn2-c2ccc3c(n2)NCC3)n1. The first-order valence-corrected chi connectivity index (χ1v) is 9.71. The maximum Gasteiger partial charge on any atom is 0.416 e. The molecule has 2 N–H and O–H groups in total. The van der Waals surface area contributed by atoms with Gasteiger partial charge in [0.2, 0.25) is 0 Å². The van der Waals surface area contributed by atoms with E-state index in [1.807, 2.05) is 12.1 Å². The molecule has 31 heavy (non-hydrogen) atoms. The zero-order valence-electron chi connectivity index (χ0n) is 16.4. The second-order valence-corrected chi connectivity index (χ2v) is 7.43. The van der Waals surface area contributed by atoms with Crippen LogP contribution in [0.15, 0.2) is 36.7 Å². The zero-order valence-corrected chi connectivity index (χ0v) is 16.4. The number of urea groups is 1. The number of alkyl halides is 3. The van der Waals surface area contributed by atoms with Crippen molar-refractivity contribution < 1.29 is 18.0 Å². The molecule has 0 bridgehead atoms. The van der Waals surface area contributed by atoms with Crippen LogP contribution in [0.3, 0.4) is 0 Å². The number of hydrogen-bond donors (Lipinski definition) is 2. The summed E-state index contributed by atoms with van der Waals surface area (Å²) >= 11 is 0. The molecule has 0 aromatic carbocycles. The lowest BCUT2D eigenvalue weighted by molar-refractivity contribution is -0.137. The molecule has 2 amide bonds. The molecule has 8 nitrogen and oxygen atoms in total. The molecule has 5 heterocycles. The number of nitrogens with zero attached hydrogens (tertiary/aromatic N) is 5. The van der Waals surface area contributed by atoms with E-state index in [1.165, 1.54) is 11.8 Å². The van der Waals surface area contributed by atoms with Gasteiger partial charge in [0, 0.05) is 31.2 Å². The van der Waals surface area contributed by atoms with E-state index >= 15 is 0 Å². The first-order valence-electron chi connectivity index (χ1n) is 9.71. The Morgan fingerprint density at radius 2 is 1.97 bits per heavy atom. The number of pyridine rings is 2. The van der Waals surface area contributed by atoms with Crippen LogP contribution in [0.5, 0.6) is 0 Å². The predicted octanol–water partition coefficient (Wildman–Crippen LogP) is 3.23. The van der Waals surface area contributed by atoms with E-state index in [4.69, 9.17) is 0 Å². The molecule has 0 spiro atoms. The molecule has 3 aromatic heterocycles. The Kier molecular flexibility index (Phi) is 4.34. The van der Waals surface area contributed by atoms with Crippen LogP contribution in [0.25, 0.3) is 5.82 Å². The van der Waals surface area contributed by atoms with Crippen molar-refractivity contribution in [2.75, 3.05) is 23.3 Å². The minimum absolute atomic E-state index is 0.0783. The third-order valence-electron chi connectivity index (χ3n) is 5.36.